The van der Waals surface area contributed by atoms with E-state index in [1.54, 1.807) is 17.2 Å². The molecule has 5 rings (SSSR count). The van der Waals surface area contributed by atoms with E-state index < -0.39 is 17.8 Å². The van der Waals surface area contributed by atoms with Gasteiger partial charge < -0.3 is 19.5 Å². The number of carbonyl (C=O) groups is 1. The number of fused-ring (bicyclic) bond motifs is 1. The molecule has 3 aromatic rings. The Hall–Kier alpha value is -3.17. The smallest absolute Gasteiger partial charge is 0.370 e. The van der Waals surface area contributed by atoms with Gasteiger partial charge in [-0.05, 0) is 23.3 Å². The van der Waals surface area contributed by atoms with E-state index in [1.165, 1.54) is 11.6 Å². The van der Waals surface area contributed by atoms with Gasteiger partial charge in [-0.2, -0.15) is 13.2 Å². The molecule has 2 unspecified atom stereocenters. The van der Waals surface area contributed by atoms with Crippen molar-refractivity contribution in [1.29, 1.82) is 0 Å². The zero-order valence-electron chi connectivity index (χ0n) is 17.8. The summed E-state index contributed by atoms with van der Waals surface area (Å²) < 4.78 is 47.0. The Morgan fingerprint density at radius 3 is 2.64 bits per heavy atom. The largest absolute Gasteiger partial charge is 0.416 e. The third kappa shape index (κ3) is 4.51. The average molecular weight is 456 g/mol. The van der Waals surface area contributed by atoms with Gasteiger partial charge in [0.15, 0.2) is 0 Å². The second-order valence-corrected chi connectivity index (χ2v) is 8.27. The van der Waals surface area contributed by atoms with Crippen LogP contribution in [-0.2, 0) is 24.0 Å². The van der Waals surface area contributed by atoms with Gasteiger partial charge >= 0.3 is 6.18 Å². The highest BCUT2D eigenvalue weighted by atomic mass is 19.4. The number of amides is 1. The van der Waals surface area contributed by atoms with E-state index in [2.05, 4.69) is 22.4 Å². The van der Waals surface area contributed by atoms with E-state index in [1.807, 2.05) is 22.8 Å². The first-order valence-electron chi connectivity index (χ1n) is 10.8. The number of nitrogens with one attached hydrogen (secondary N) is 1. The van der Waals surface area contributed by atoms with Crippen LogP contribution < -0.4 is 5.32 Å². The second-order valence-electron chi connectivity index (χ2n) is 8.27. The molecule has 1 saturated heterocycles. The second kappa shape index (κ2) is 8.64. The Labute approximate surface area is 189 Å². The summed E-state index contributed by atoms with van der Waals surface area (Å²) in [5.74, 6) is 0.543. The van der Waals surface area contributed by atoms with Gasteiger partial charge in [-0.15, -0.1) is 0 Å². The number of hydrogen-bond donors (Lipinski definition) is 1. The summed E-state index contributed by atoms with van der Waals surface area (Å²) >= 11 is 0. The number of ether oxygens (including phenoxy) is 1. The molecule has 2 aliphatic heterocycles. The van der Waals surface area contributed by atoms with E-state index in [4.69, 9.17) is 4.74 Å². The highest BCUT2D eigenvalue weighted by molar-refractivity contribution is 5.92. The highest BCUT2D eigenvalue weighted by Crippen LogP contribution is 2.32. The Bertz CT molecular complexity index is 1150. The van der Waals surface area contributed by atoms with Crippen molar-refractivity contribution in [1.82, 2.24) is 19.8 Å². The van der Waals surface area contributed by atoms with Crippen molar-refractivity contribution in [3.8, 4) is 0 Å². The van der Waals surface area contributed by atoms with Gasteiger partial charge in [-0.3, -0.25) is 4.79 Å². The van der Waals surface area contributed by atoms with Crippen LogP contribution in [0.15, 0.2) is 60.8 Å². The van der Waals surface area contributed by atoms with Crippen LogP contribution in [0, 0.1) is 0 Å². The van der Waals surface area contributed by atoms with Gasteiger partial charge in [0.25, 0.3) is 5.91 Å². The maximum Gasteiger partial charge on any atom is 0.416 e. The molecular weight excluding hydrogens is 433 g/mol. The molecule has 1 amide bonds. The summed E-state index contributed by atoms with van der Waals surface area (Å²) in [5, 5.41) is 3.45. The van der Waals surface area contributed by atoms with Gasteiger partial charge in [0.2, 0.25) is 0 Å². The van der Waals surface area contributed by atoms with Crippen molar-refractivity contribution in [2.24, 2.45) is 0 Å². The molecule has 0 saturated carbocycles. The molecule has 2 atom stereocenters. The fourth-order valence-corrected chi connectivity index (χ4v) is 4.35. The Kier molecular flexibility index (Phi) is 5.67. The summed E-state index contributed by atoms with van der Waals surface area (Å²) in [4.78, 5) is 19.3. The third-order valence-electron chi connectivity index (χ3n) is 6.11. The molecule has 2 aliphatic rings. The molecule has 1 fully saturated rings. The SMILES string of the molecule is O=C(c1cn2c(n1)CNC(c1ccccc1)C2)N1CCOC(c2cccc(C(F)(F)F)c2)C1. The van der Waals surface area contributed by atoms with Crippen molar-refractivity contribution < 1.29 is 22.7 Å². The number of alkyl halides is 3. The first-order chi connectivity index (χ1) is 15.9. The fraction of sp³-hybridized carbons (Fsp3) is 0.333. The van der Waals surface area contributed by atoms with Crippen LogP contribution >= 0.6 is 0 Å². The van der Waals surface area contributed by atoms with Crippen LogP contribution in [0.4, 0.5) is 13.2 Å². The predicted octanol–water partition coefficient (Wildman–Crippen LogP) is 3.96. The van der Waals surface area contributed by atoms with Gasteiger partial charge in [-0.1, -0.05) is 42.5 Å². The van der Waals surface area contributed by atoms with E-state index in [-0.39, 0.29) is 25.1 Å². The summed E-state index contributed by atoms with van der Waals surface area (Å²) in [6, 6.07) is 15.3. The monoisotopic (exact) mass is 456 g/mol. The number of nitrogens with zero attached hydrogens (tertiary/aromatic N) is 3. The molecule has 0 radical (unpaired) electrons. The topological polar surface area (TPSA) is 59.4 Å². The lowest BCUT2D eigenvalue weighted by Gasteiger charge is -2.33. The van der Waals surface area contributed by atoms with Crippen LogP contribution in [0.1, 0.15) is 45.1 Å². The summed E-state index contributed by atoms with van der Waals surface area (Å²) in [5.41, 5.74) is 1.18. The Morgan fingerprint density at radius 1 is 1.06 bits per heavy atom. The predicted molar refractivity (Wildman–Crippen MR) is 114 cm³/mol. The first kappa shape index (κ1) is 21.7. The van der Waals surface area contributed by atoms with Crippen LogP contribution in [0.25, 0.3) is 0 Å². The lowest BCUT2D eigenvalue weighted by molar-refractivity contribution is -0.137. The number of rotatable bonds is 3. The molecule has 172 valence electrons. The fourth-order valence-electron chi connectivity index (χ4n) is 4.35. The van der Waals surface area contributed by atoms with Crippen LogP contribution in [0.3, 0.4) is 0 Å². The Morgan fingerprint density at radius 2 is 1.85 bits per heavy atom. The van der Waals surface area contributed by atoms with Crippen LogP contribution in [0.2, 0.25) is 0 Å². The van der Waals surface area contributed by atoms with E-state index in [0.29, 0.717) is 30.9 Å². The summed E-state index contributed by atoms with van der Waals surface area (Å²) in [7, 11) is 0. The minimum absolute atomic E-state index is 0.129. The molecule has 0 spiro atoms. The molecule has 3 heterocycles. The zero-order valence-corrected chi connectivity index (χ0v) is 17.8. The number of carbonyl (C=O) groups excluding carboxylic acids is 1. The Balaban J connectivity index is 1.30. The minimum Gasteiger partial charge on any atom is -0.370 e. The van der Waals surface area contributed by atoms with Gasteiger partial charge in [0.05, 0.1) is 31.3 Å². The average Bonchev–Trinajstić information content (AvgIpc) is 3.27. The summed E-state index contributed by atoms with van der Waals surface area (Å²) in [6.07, 6.45) is -3.28. The van der Waals surface area contributed by atoms with Crippen LogP contribution in [-0.4, -0.2) is 40.1 Å². The lowest BCUT2D eigenvalue weighted by atomic mass is 10.0. The van der Waals surface area contributed by atoms with Crippen molar-refractivity contribution in [2.75, 3.05) is 19.7 Å². The molecule has 1 N–H and O–H groups in total. The molecule has 9 heteroatoms. The standard InChI is InChI=1S/C24H23F3N4O2/c25-24(26,27)18-8-4-7-17(11-18)21-15-30(9-10-33-21)23(32)20-14-31-13-19(28-12-22(31)29-20)16-5-2-1-3-6-16/h1-8,11,14,19,21,28H,9-10,12-13,15H2. The quantitative estimate of drug-likeness (QED) is 0.648. The maximum absolute atomic E-state index is 13.2. The van der Waals surface area contributed by atoms with E-state index >= 15 is 0 Å². The van der Waals surface area contributed by atoms with E-state index in [0.717, 1.165) is 18.0 Å². The molecule has 2 aromatic carbocycles. The van der Waals surface area contributed by atoms with Gasteiger partial charge in [0.1, 0.15) is 17.6 Å². The number of halogens is 3. The number of hydrogen-bond acceptors (Lipinski definition) is 4. The molecule has 33 heavy (non-hydrogen) atoms. The van der Waals surface area contributed by atoms with Crippen molar-refractivity contribution >= 4 is 5.91 Å². The zero-order chi connectivity index (χ0) is 23.0. The summed E-state index contributed by atoms with van der Waals surface area (Å²) in [6.45, 7) is 1.99. The number of aromatic nitrogens is 2. The van der Waals surface area contributed by atoms with Crippen molar-refractivity contribution in [3.05, 3.63) is 89.0 Å². The maximum atomic E-state index is 13.2. The van der Waals surface area contributed by atoms with E-state index in [9.17, 15) is 18.0 Å². The third-order valence-corrected chi connectivity index (χ3v) is 6.11. The van der Waals surface area contributed by atoms with Gasteiger partial charge in [-0.25, -0.2) is 4.98 Å². The first-order valence-corrected chi connectivity index (χ1v) is 10.8. The highest BCUT2D eigenvalue weighted by Gasteiger charge is 2.33. The normalized spacial score (nSPS) is 21.0. The molecule has 0 aliphatic carbocycles. The van der Waals surface area contributed by atoms with Crippen LogP contribution in [0.5, 0.6) is 0 Å². The molecule has 0 bridgehead atoms. The van der Waals surface area contributed by atoms with Crippen molar-refractivity contribution in [2.45, 2.75) is 31.4 Å². The van der Waals surface area contributed by atoms with Crippen molar-refractivity contribution in [3.63, 3.8) is 0 Å². The molecule has 1 aromatic heterocycles. The molecular formula is C24H23F3N4O2. The number of imidazole rings is 1. The number of benzene rings is 2. The number of morpholine rings is 1. The molecule has 6 nitrogen and oxygen atoms in total. The lowest BCUT2D eigenvalue weighted by Crippen LogP contribution is -2.42. The minimum atomic E-state index is -4.43. The van der Waals surface area contributed by atoms with Gasteiger partial charge in [0, 0.05) is 19.3 Å².